The van der Waals surface area contributed by atoms with Gasteiger partial charge in [-0.15, -0.1) is 0 Å². The summed E-state index contributed by atoms with van der Waals surface area (Å²) in [5.41, 5.74) is 0.270. The molecule has 0 bridgehead atoms. The fourth-order valence-electron chi connectivity index (χ4n) is 1.59. The second kappa shape index (κ2) is 5.44. The molecule has 1 aromatic carbocycles. The third kappa shape index (κ3) is 2.88. The molecule has 2 rings (SSSR count). The van der Waals surface area contributed by atoms with Crippen LogP contribution < -0.4 is 4.31 Å². The Labute approximate surface area is 119 Å². The molecule has 0 saturated heterocycles. The number of thiazole rings is 1. The molecule has 0 aliphatic carbocycles. The van der Waals surface area contributed by atoms with Crippen LogP contribution in [0.2, 0.25) is 4.47 Å². The zero-order valence-electron chi connectivity index (χ0n) is 9.88. The van der Waals surface area contributed by atoms with Gasteiger partial charge in [0.15, 0.2) is 8.68 Å². The normalized spacial score (nSPS) is 11.5. The zero-order valence-corrected chi connectivity index (χ0v) is 12.3. The summed E-state index contributed by atoms with van der Waals surface area (Å²) < 4.78 is 39.3. The minimum atomic E-state index is -3.76. The molecule has 0 spiro atoms. The van der Waals surface area contributed by atoms with Crippen molar-refractivity contribution in [2.75, 3.05) is 10.8 Å². The molecule has 0 atom stereocenters. The van der Waals surface area contributed by atoms with Crippen LogP contribution in [-0.2, 0) is 10.0 Å². The van der Waals surface area contributed by atoms with Gasteiger partial charge in [-0.05, 0) is 25.1 Å². The molecule has 4 nitrogen and oxygen atoms in total. The average molecular weight is 321 g/mol. The molecule has 0 unspecified atom stereocenters. The molecule has 2 aromatic rings. The van der Waals surface area contributed by atoms with Crippen LogP contribution in [0, 0.1) is 5.82 Å². The van der Waals surface area contributed by atoms with Gasteiger partial charge in [0, 0.05) is 6.54 Å². The van der Waals surface area contributed by atoms with Gasteiger partial charge in [-0.2, -0.15) is 0 Å². The van der Waals surface area contributed by atoms with Crippen molar-refractivity contribution < 1.29 is 12.8 Å². The monoisotopic (exact) mass is 320 g/mol. The van der Waals surface area contributed by atoms with E-state index in [4.69, 9.17) is 11.6 Å². The van der Waals surface area contributed by atoms with Crippen molar-refractivity contribution in [3.8, 4) is 0 Å². The van der Waals surface area contributed by atoms with Crippen LogP contribution in [0.3, 0.4) is 0 Å². The van der Waals surface area contributed by atoms with E-state index in [0.717, 1.165) is 15.6 Å². The van der Waals surface area contributed by atoms with E-state index in [1.54, 1.807) is 6.92 Å². The van der Waals surface area contributed by atoms with Crippen LogP contribution in [0.25, 0.3) is 0 Å². The lowest BCUT2D eigenvalue weighted by Gasteiger charge is -2.21. The van der Waals surface area contributed by atoms with Gasteiger partial charge in [0.2, 0.25) is 0 Å². The molecule has 0 aliphatic rings. The molecule has 0 amide bonds. The Morgan fingerprint density at radius 3 is 2.74 bits per heavy atom. The van der Waals surface area contributed by atoms with Gasteiger partial charge < -0.3 is 0 Å². The number of sulfonamides is 1. The third-order valence-electron chi connectivity index (χ3n) is 2.38. The van der Waals surface area contributed by atoms with Crippen LogP contribution in [0.1, 0.15) is 6.92 Å². The molecule has 1 aromatic heterocycles. The first kappa shape index (κ1) is 14.2. The zero-order chi connectivity index (χ0) is 14.0. The summed E-state index contributed by atoms with van der Waals surface area (Å²) in [7, 11) is -3.76. The highest BCUT2D eigenvalue weighted by Gasteiger charge is 2.26. The lowest BCUT2D eigenvalue weighted by atomic mass is 10.3. The predicted molar refractivity (Wildman–Crippen MR) is 73.7 cm³/mol. The summed E-state index contributed by atoms with van der Waals surface area (Å²) in [6.07, 6.45) is 1.20. The summed E-state index contributed by atoms with van der Waals surface area (Å²) in [5.74, 6) is -0.492. The molecule has 8 heteroatoms. The largest absolute Gasteiger partial charge is 0.275 e. The number of rotatable bonds is 4. The van der Waals surface area contributed by atoms with Crippen molar-refractivity contribution in [1.29, 1.82) is 0 Å². The van der Waals surface area contributed by atoms with Crippen molar-refractivity contribution >= 4 is 38.6 Å². The van der Waals surface area contributed by atoms with Crippen LogP contribution >= 0.6 is 22.9 Å². The highest BCUT2D eigenvalue weighted by Crippen LogP contribution is 2.29. The van der Waals surface area contributed by atoms with Crippen LogP contribution in [-0.4, -0.2) is 19.9 Å². The molecule has 0 aliphatic heterocycles. The average Bonchev–Trinajstić information content (AvgIpc) is 2.77. The summed E-state index contributed by atoms with van der Waals surface area (Å²) in [4.78, 5) is 3.71. The topological polar surface area (TPSA) is 50.3 Å². The van der Waals surface area contributed by atoms with E-state index in [1.165, 1.54) is 30.5 Å². The number of nitrogens with zero attached hydrogens (tertiary/aromatic N) is 2. The SMILES string of the molecule is CCN(c1cccc(F)c1)S(=O)(=O)c1cnc(Cl)s1. The lowest BCUT2D eigenvalue weighted by Crippen LogP contribution is -2.30. The van der Waals surface area contributed by atoms with Gasteiger partial charge in [0.25, 0.3) is 10.0 Å². The van der Waals surface area contributed by atoms with Crippen molar-refractivity contribution in [3.05, 3.63) is 40.7 Å². The summed E-state index contributed by atoms with van der Waals surface area (Å²) in [6.45, 7) is 1.85. The Bertz CT molecular complexity index is 688. The second-order valence-corrected chi connectivity index (χ2v) is 7.28. The number of anilines is 1. The third-order valence-corrected chi connectivity index (χ3v) is 5.84. The maximum Gasteiger partial charge on any atom is 0.275 e. The fraction of sp³-hybridized carbons (Fsp3) is 0.182. The van der Waals surface area contributed by atoms with Gasteiger partial charge in [0.1, 0.15) is 5.82 Å². The number of benzene rings is 1. The molecule has 0 N–H and O–H groups in total. The molecule has 19 heavy (non-hydrogen) atoms. The van der Waals surface area contributed by atoms with Crippen molar-refractivity contribution in [3.63, 3.8) is 0 Å². The smallest absolute Gasteiger partial charge is 0.266 e. The number of aromatic nitrogens is 1. The van der Waals surface area contributed by atoms with E-state index >= 15 is 0 Å². The first-order valence-corrected chi connectivity index (χ1v) is 7.98. The van der Waals surface area contributed by atoms with Crippen molar-refractivity contribution in [2.45, 2.75) is 11.1 Å². The van der Waals surface area contributed by atoms with Crippen LogP contribution in [0.4, 0.5) is 10.1 Å². The quantitative estimate of drug-likeness (QED) is 0.869. The summed E-state index contributed by atoms with van der Waals surface area (Å²) in [5, 5.41) is 0. The van der Waals surface area contributed by atoms with Gasteiger partial charge >= 0.3 is 0 Å². The molecule has 102 valence electrons. The van der Waals surface area contributed by atoms with E-state index in [2.05, 4.69) is 4.98 Å². The predicted octanol–water partition coefficient (Wildman–Crippen LogP) is 3.15. The molecule has 0 fully saturated rings. The van der Waals surface area contributed by atoms with Gasteiger partial charge in [0.05, 0.1) is 11.9 Å². The van der Waals surface area contributed by atoms with E-state index in [9.17, 15) is 12.8 Å². The Morgan fingerprint density at radius 2 is 2.21 bits per heavy atom. The molecule has 0 saturated carbocycles. The van der Waals surface area contributed by atoms with Gasteiger partial charge in [-0.3, -0.25) is 4.31 Å². The Morgan fingerprint density at radius 1 is 1.47 bits per heavy atom. The van der Waals surface area contributed by atoms with Gasteiger partial charge in [-0.1, -0.05) is 29.0 Å². The Kier molecular flexibility index (Phi) is 4.07. The first-order chi connectivity index (χ1) is 8.95. The minimum absolute atomic E-state index is 0.0311. The Hall–Kier alpha value is -1.18. The van der Waals surface area contributed by atoms with E-state index in [1.807, 2.05) is 0 Å². The number of hydrogen-bond acceptors (Lipinski definition) is 4. The maximum atomic E-state index is 13.2. The molecule has 0 radical (unpaired) electrons. The molecular weight excluding hydrogens is 311 g/mol. The summed E-state index contributed by atoms with van der Waals surface area (Å²) >= 11 is 6.52. The maximum absolute atomic E-state index is 13.2. The Balaban J connectivity index is 2.47. The number of halogens is 2. The van der Waals surface area contributed by atoms with E-state index in [0.29, 0.717) is 0 Å². The number of hydrogen-bond donors (Lipinski definition) is 0. The van der Waals surface area contributed by atoms with Crippen molar-refractivity contribution in [1.82, 2.24) is 4.98 Å². The molecule has 1 heterocycles. The first-order valence-electron chi connectivity index (χ1n) is 5.35. The highest BCUT2D eigenvalue weighted by atomic mass is 35.5. The van der Waals surface area contributed by atoms with E-state index in [-0.39, 0.29) is 20.9 Å². The van der Waals surface area contributed by atoms with E-state index < -0.39 is 15.8 Å². The standard InChI is InChI=1S/C11H10ClFN2O2S2/c1-2-15(9-5-3-4-8(13)6-9)19(16,17)10-7-14-11(12)18-10/h3-7H,2H2,1H3. The van der Waals surface area contributed by atoms with Crippen LogP contribution in [0.15, 0.2) is 34.7 Å². The summed E-state index contributed by atoms with van der Waals surface area (Å²) in [6, 6.07) is 5.42. The second-order valence-electron chi connectivity index (χ2n) is 3.58. The van der Waals surface area contributed by atoms with Crippen LogP contribution in [0.5, 0.6) is 0 Å². The lowest BCUT2D eigenvalue weighted by molar-refractivity contribution is 0.593. The minimum Gasteiger partial charge on any atom is -0.266 e. The van der Waals surface area contributed by atoms with Crippen molar-refractivity contribution in [2.24, 2.45) is 0 Å². The fourth-order valence-corrected chi connectivity index (χ4v) is 4.46. The highest BCUT2D eigenvalue weighted by molar-refractivity contribution is 7.94. The van der Waals surface area contributed by atoms with Gasteiger partial charge in [-0.25, -0.2) is 17.8 Å². The molecular formula is C11H10ClFN2O2S2.